The van der Waals surface area contributed by atoms with Gasteiger partial charge in [0.1, 0.15) is 15.7 Å². The van der Waals surface area contributed by atoms with Crippen LogP contribution in [0.4, 0.5) is 4.39 Å². The van der Waals surface area contributed by atoms with Crippen molar-refractivity contribution in [2.45, 2.75) is 18.2 Å². The zero-order valence-electron chi connectivity index (χ0n) is 12.2. The first-order chi connectivity index (χ1) is 10.6. The minimum absolute atomic E-state index is 0.00815. The van der Waals surface area contributed by atoms with Crippen LogP contribution in [0.3, 0.4) is 0 Å². The molecule has 2 unspecified atom stereocenters. The van der Waals surface area contributed by atoms with Crippen molar-refractivity contribution in [3.8, 4) is 10.6 Å². The van der Waals surface area contributed by atoms with Crippen molar-refractivity contribution in [3.63, 3.8) is 0 Å². The van der Waals surface area contributed by atoms with Crippen LogP contribution in [0.15, 0.2) is 30.5 Å². The number of hydrogen-bond acceptors (Lipinski definition) is 5. The van der Waals surface area contributed by atoms with Crippen molar-refractivity contribution < 1.29 is 14.3 Å². The van der Waals surface area contributed by atoms with E-state index in [9.17, 15) is 14.3 Å². The standard InChI is InChI=1S/C15H17FN2O2S2/c1-9(13(8-19)21-2)18-14(20)12-7-17-15(22-12)10-5-3-4-6-11(10)16/h3-7,9,13,19H,8H2,1-2H3,(H,18,20). The van der Waals surface area contributed by atoms with Crippen LogP contribution in [-0.4, -0.2) is 40.2 Å². The molecule has 1 aromatic heterocycles. The fraction of sp³-hybridized carbons (Fsp3) is 0.333. The fourth-order valence-corrected chi connectivity index (χ4v) is 3.42. The number of rotatable bonds is 6. The lowest BCUT2D eigenvalue weighted by Gasteiger charge is -2.20. The average molecular weight is 340 g/mol. The Balaban J connectivity index is 2.11. The number of aromatic nitrogens is 1. The highest BCUT2D eigenvalue weighted by molar-refractivity contribution is 7.99. The fourth-order valence-electron chi connectivity index (χ4n) is 1.95. The Labute approximate surface area is 136 Å². The third-order valence-corrected chi connectivity index (χ3v) is 5.43. The van der Waals surface area contributed by atoms with E-state index in [0.717, 1.165) is 11.3 Å². The van der Waals surface area contributed by atoms with Crippen molar-refractivity contribution in [1.82, 2.24) is 10.3 Å². The molecular weight excluding hydrogens is 323 g/mol. The van der Waals surface area contributed by atoms with Gasteiger partial charge in [-0.3, -0.25) is 4.79 Å². The van der Waals surface area contributed by atoms with Gasteiger partial charge in [-0.05, 0) is 25.3 Å². The number of thioether (sulfide) groups is 1. The molecule has 7 heteroatoms. The molecule has 0 saturated carbocycles. The lowest BCUT2D eigenvalue weighted by Crippen LogP contribution is -2.40. The highest BCUT2D eigenvalue weighted by Gasteiger charge is 2.20. The van der Waals surface area contributed by atoms with E-state index in [1.807, 2.05) is 13.2 Å². The highest BCUT2D eigenvalue weighted by atomic mass is 32.2. The summed E-state index contributed by atoms with van der Waals surface area (Å²) >= 11 is 2.64. The molecule has 22 heavy (non-hydrogen) atoms. The van der Waals surface area contributed by atoms with Gasteiger partial charge < -0.3 is 10.4 Å². The lowest BCUT2D eigenvalue weighted by molar-refractivity contribution is 0.0940. The van der Waals surface area contributed by atoms with E-state index >= 15 is 0 Å². The van der Waals surface area contributed by atoms with Gasteiger partial charge in [0.15, 0.2) is 0 Å². The van der Waals surface area contributed by atoms with E-state index < -0.39 is 0 Å². The zero-order chi connectivity index (χ0) is 16.1. The summed E-state index contributed by atoms with van der Waals surface area (Å²) in [5.74, 6) is -0.625. The molecule has 2 rings (SSSR count). The van der Waals surface area contributed by atoms with Gasteiger partial charge in [0, 0.05) is 16.9 Å². The van der Waals surface area contributed by atoms with Gasteiger partial charge in [0.05, 0.1) is 12.8 Å². The molecule has 0 spiro atoms. The van der Waals surface area contributed by atoms with Gasteiger partial charge in [-0.15, -0.1) is 11.3 Å². The maximum atomic E-state index is 13.7. The monoisotopic (exact) mass is 340 g/mol. The Morgan fingerprint density at radius 3 is 2.86 bits per heavy atom. The minimum atomic E-state index is -0.361. The summed E-state index contributed by atoms with van der Waals surface area (Å²) < 4.78 is 13.7. The summed E-state index contributed by atoms with van der Waals surface area (Å²) in [6.07, 6.45) is 3.33. The second-order valence-electron chi connectivity index (χ2n) is 4.73. The summed E-state index contributed by atoms with van der Waals surface area (Å²) in [4.78, 5) is 16.7. The number of amides is 1. The maximum Gasteiger partial charge on any atom is 0.263 e. The first kappa shape index (κ1) is 16.9. The summed E-state index contributed by atoms with van der Waals surface area (Å²) in [5, 5.41) is 12.5. The molecule has 0 aliphatic heterocycles. The van der Waals surface area contributed by atoms with Crippen LogP contribution < -0.4 is 5.32 Å². The van der Waals surface area contributed by atoms with Crippen molar-refractivity contribution in [3.05, 3.63) is 41.2 Å². The van der Waals surface area contributed by atoms with E-state index in [2.05, 4.69) is 10.3 Å². The number of aliphatic hydroxyl groups is 1. The van der Waals surface area contributed by atoms with Crippen LogP contribution in [0.1, 0.15) is 16.6 Å². The Kier molecular flexibility index (Phi) is 5.93. The largest absolute Gasteiger partial charge is 0.395 e. The molecule has 1 aromatic carbocycles. The summed E-state index contributed by atoms with van der Waals surface area (Å²) in [5.41, 5.74) is 0.386. The number of hydrogen-bond donors (Lipinski definition) is 2. The van der Waals surface area contributed by atoms with Crippen molar-refractivity contribution in [1.29, 1.82) is 0 Å². The van der Waals surface area contributed by atoms with E-state index in [1.54, 1.807) is 18.2 Å². The number of halogens is 1. The van der Waals surface area contributed by atoms with E-state index in [-0.39, 0.29) is 29.6 Å². The second kappa shape index (κ2) is 7.71. The molecule has 1 heterocycles. The van der Waals surface area contributed by atoms with Crippen LogP contribution in [0, 0.1) is 5.82 Å². The van der Waals surface area contributed by atoms with E-state index in [1.165, 1.54) is 24.0 Å². The predicted octanol–water partition coefficient (Wildman–Crippen LogP) is 2.79. The third-order valence-electron chi connectivity index (χ3n) is 3.23. The Bertz CT molecular complexity index is 644. The Hall–Kier alpha value is -1.44. The van der Waals surface area contributed by atoms with Gasteiger partial charge in [0.2, 0.25) is 0 Å². The molecule has 1 amide bonds. The van der Waals surface area contributed by atoms with Gasteiger partial charge in [-0.1, -0.05) is 12.1 Å². The van der Waals surface area contributed by atoms with Crippen LogP contribution in [0.2, 0.25) is 0 Å². The number of nitrogens with zero attached hydrogens (tertiary/aromatic N) is 1. The van der Waals surface area contributed by atoms with Crippen molar-refractivity contribution >= 4 is 29.0 Å². The number of aliphatic hydroxyl groups excluding tert-OH is 1. The van der Waals surface area contributed by atoms with Crippen LogP contribution in [-0.2, 0) is 0 Å². The molecule has 4 nitrogen and oxygen atoms in total. The highest BCUT2D eigenvalue weighted by Crippen LogP contribution is 2.27. The van der Waals surface area contributed by atoms with Crippen molar-refractivity contribution in [2.75, 3.05) is 12.9 Å². The molecule has 0 fully saturated rings. The maximum absolute atomic E-state index is 13.7. The van der Waals surface area contributed by atoms with Gasteiger partial charge in [0.25, 0.3) is 5.91 Å². The van der Waals surface area contributed by atoms with Crippen molar-refractivity contribution in [2.24, 2.45) is 0 Å². The SMILES string of the molecule is CSC(CO)C(C)NC(=O)c1cnc(-c2ccccc2F)s1. The molecule has 2 atom stereocenters. The van der Waals surface area contributed by atoms with Gasteiger partial charge in [-0.25, -0.2) is 9.37 Å². The molecule has 2 N–H and O–H groups in total. The van der Waals surface area contributed by atoms with Gasteiger partial charge in [-0.2, -0.15) is 11.8 Å². The molecule has 2 aromatic rings. The minimum Gasteiger partial charge on any atom is -0.395 e. The first-order valence-corrected chi connectivity index (χ1v) is 8.82. The number of nitrogens with one attached hydrogen (secondary N) is 1. The number of carbonyl (C=O) groups is 1. The number of benzene rings is 1. The number of carbonyl (C=O) groups excluding carboxylic acids is 1. The molecular formula is C15H17FN2O2S2. The summed E-state index contributed by atoms with van der Waals surface area (Å²) in [6.45, 7) is 1.83. The van der Waals surface area contributed by atoms with Crippen LogP contribution in [0.5, 0.6) is 0 Å². The third kappa shape index (κ3) is 3.85. The topological polar surface area (TPSA) is 62.2 Å². The Morgan fingerprint density at radius 1 is 1.50 bits per heavy atom. The summed E-state index contributed by atoms with van der Waals surface area (Å²) in [6, 6.07) is 6.16. The van der Waals surface area contributed by atoms with Gasteiger partial charge >= 0.3 is 0 Å². The quantitative estimate of drug-likeness (QED) is 0.849. The van der Waals surface area contributed by atoms with E-state index in [4.69, 9.17) is 0 Å². The van der Waals surface area contributed by atoms with Crippen LogP contribution >= 0.6 is 23.1 Å². The zero-order valence-corrected chi connectivity index (χ0v) is 13.9. The molecule has 0 bridgehead atoms. The predicted molar refractivity (Wildman–Crippen MR) is 88.8 cm³/mol. The van der Waals surface area contributed by atoms with E-state index in [0.29, 0.717) is 15.4 Å². The Morgan fingerprint density at radius 2 is 2.23 bits per heavy atom. The molecule has 0 radical (unpaired) electrons. The second-order valence-corrected chi connectivity index (χ2v) is 6.84. The molecule has 0 aliphatic rings. The lowest BCUT2D eigenvalue weighted by atomic mass is 10.2. The molecule has 0 aliphatic carbocycles. The number of thiazole rings is 1. The summed E-state index contributed by atoms with van der Waals surface area (Å²) in [7, 11) is 0. The average Bonchev–Trinajstić information content (AvgIpc) is 2.98. The molecule has 118 valence electrons. The van der Waals surface area contributed by atoms with Crippen LogP contribution in [0.25, 0.3) is 10.6 Å². The smallest absolute Gasteiger partial charge is 0.263 e. The molecule has 0 saturated heterocycles. The normalized spacial score (nSPS) is 13.6. The first-order valence-electron chi connectivity index (χ1n) is 6.72.